The SMILES string of the molecule is NC1(c2ccc(C(C(c3ccccc3)(c3ccccc3)c3ccccc3)S(=O)(=O)O)cc2)CC1. The normalized spacial score (nSPS) is 16.1. The van der Waals surface area contributed by atoms with Crippen molar-refractivity contribution in [2.24, 2.45) is 5.73 Å². The highest BCUT2D eigenvalue weighted by Gasteiger charge is 2.51. The Labute approximate surface area is 200 Å². The van der Waals surface area contributed by atoms with Crippen LogP contribution in [-0.4, -0.2) is 13.0 Å². The van der Waals surface area contributed by atoms with Gasteiger partial charge in [-0.05, 0) is 40.7 Å². The Hall–Kier alpha value is -3.25. The zero-order chi connectivity index (χ0) is 23.8. The van der Waals surface area contributed by atoms with Crippen LogP contribution in [-0.2, 0) is 21.1 Å². The molecule has 3 N–H and O–H groups in total. The summed E-state index contributed by atoms with van der Waals surface area (Å²) in [6, 6.07) is 36.0. The highest BCUT2D eigenvalue weighted by molar-refractivity contribution is 7.86. The molecule has 1 atom stereocenters. The molecule has 0 spiro atoms. The van der Waals surface area contributed by atoms with E-state index in [4.69, 9.17) is 5.73 Å². The Bertz CT molecular complexity index is 1270. The van der Waals surface area contributed by atoms with E-state index in [1.807, 2.05) is 103 Å². The molecule has 0 aromatic heterocycles. The van der Waals surface area contributed by atoms with Crippen molar-refractivity contribution in [1.29, 1.82) is 0 Å². The average Bonchev–Trinajstić information content (AvgIpc) is 3.62. The van der Waals surface area contributed by atoms with Crippen LogP contribution in [0.4, 0.5) is 0 Å². The number of benzene rings is 4. The van der Waals surface area contributed by atoms with E-state index in [-0.39, 0.29) is 5.54 Å². The molecule has 0 heterocycles. The van der Waals surface area contributed by atoms with Crippen LogP contribution in [0.15, 0.2) is 115 Å². The molecule has 0 bridgehead atoms. The molecular weight excluding hydrogens is 442 g/mol. The quantitative estimate of drug-likeness (QED) is 0.273. The van der Waals surface area contributed by atoms with Gasteiger partial charge < -0.3 is 5.73 Å². The lowest BCUT2D eigenvalue weighted by Gasteiger charge is -2.41. The summed E-state index contributed by atoms with van der Waals surface area (Å²) in [5.41, 5.74) is 8.66. The predicted molar refractivity (Wildman–Crippen MR) is 135 cm³/mol. The molecule has 172 valence electrons. The maximum absolute atomic E-state index is 13.3. The Morgan fingerprint density at radius 2 is 1.06 bits per heavy atom. The second-order valence-corrected chi connectivity index (χ2v) is 10.6. The Morgan fingerprint density at radius 3 is 1.38 bits per heavy atom. The Balaban J connectivity index is 1.85. The molecule has 5 rings (SSSR count). The lowest BCUT2D eigenvalue weighted by atomic mass is 9.65. The molecule has 4 nitrogen and oxygen atoms in total. The van der Waals surface area contributed by atoms with Gasteiger partial charge in [0.05, 0.1) is 5.41 Å². The average molecular weight is 470 g/mol. The molecule has 1 aliphatic rings. The number of hydrogen-bond acceptors (Lipinski definition) is 3. The van der Waals surface area contributed by atoms with Crippen molar-refractivity contribution in [1.82, 2.24) is 0 Å². The van der Waals surface area contributed by atoms with Crippen molar-refractivity contribution in [2.75, 3.05) is 0 Å². The molecule has 0 saturated heterocycles. The van der Waals surface area contributed by atoms with Crippen LogP contribution in [0.2, 0.25) is 0 Å². The summed E-state index contributed by atoms with van der Waals surface area (Å²) < 4.78 is 37.5. The van der Waals surface area contributed by atoms with Crippen LogP contribution in [0.25, 0.3) is 0 Å². The van der Waals surface area contributed by atoms with Gasteiger partial charge in [-0.15, -0.1) is 0 Å². The summed E-state index contributed by atoms with van der Waals surface area (Å²) in [5.74, 6) is 0. The Morgan fingerprint density at radius 1 is 0.676 bits per heavy atom. The molecule has 0 radical (unpaired) electrons. The molecule has 0 amide bonds. The molecule has 4 aromatic rings. The fourth-order valence-electron chi connectivity index (χ4n) is 5.12. The largest absolute Gasteiger partial charge is 0.321 e. The second kappa shape index (κ2) is 8.51. The predicted octanol–water partition coefficient (Wildman–Crippen LogP) is 5.60. The monoisotopic (exact) mass is 469 g/mol. The maximum atomic E-state index is 13.3. The third kappa shape index (κ3) is 3.86. The van der Waals surface area contributed by atoms with Gasteiger partial charge in [-0.25, -0.2) is 0 Å². The van der Waals surface area contributed by atoms with E-state index < -0.39 is 20.8 Å². The van der Waals surface area contributed by atoms with E-state index in [0.29, 0.717) is 5.56 Å². The lowest BCUT2D eigenvalue weighted by Crippen LogP contribution is -2.40. The molecule has 1 unspecified atom stereocenters. The highest BCUT2D eigenvalue weighted by Crippen LogP contribution is 2.52. The summed E-state index contributed by atoms with van der Waals surface area (Å²) in [5, 5.41) is -1.28. The minimum Gasteiger partial charge on any atom is -0.321 e. The van der Waals surface area contributed by atoms with Gasteiger partial charge in [0.2, 0.25) is 0 Å². The molecule has 4 aromatic carbocycles. The van der Waals surface area contributed by atoms with E-state index in [9.17, 15) is 13.0 Å². The van der Waals surface area contributed by atoms with Gasteiger partial charge in [0.1, 0.15) is 5.25 Å². The van der Waals surface area contributed by atoms with E-state index in [2.05, 4.69) is 0 Å². The highest BCUT2D eigenvalue weighted by atomic mass is 32.2. The van der Waals surface area contributed by atoms with Crippen LogP contribution >= 0.6 is 0 Å². The van der Waals surface area contributed by atoms with Crippen LogP contribution in [0.1, 0.15) is 45.9 Å². The van der Waals surface area contributed by atoms with Gasteiger partial charge in [0, 0.05) is 5.54 Å². The van der Waals surface area contributed by atoms with Crippen LogP contribution in [0.5, 0.6) is 0 Å². The first kappa shape index (κ1) is 22.5. The fraction of sp³-hybridized carbons (Fsp3) is 0.172. The summed E-state index contributed by atoms with van der Waals surface area (Å²) >= 11 is 0. The van der Waals surface area contributed by atoms with Gasteiger partial charge in [0.15, 0.2) is 0 Å². The molecule has 5 heteroatoms. The first-order valence-corrected chi connectivity index (χ1v) is 12.9. The van der Waals surface area contributed by atoms with E-state index >= 15 is 0 Å². The minimum atomic E-state index is -4.58. The third-order valence-electron chi connectivity index (χ3n) is 6.96. The lowest BCUT2D eigenvalue weighted by molar-refractivity contribution is 0.440. The Kier molecular flexibility index (Phi) is 5.64. The van der Waals surface area contributed by atoms with Gasteiger partial charge in [-0.1, -0.05) is 115 Å². The first-order chi connectivity index (χ1) is 16.4. The zero-order valence-electron chi connectivity index (χ0n) is 18.7. The van der Waals surface area contributed by atoms with Crippen LogP contribution in [0, 0.1) is 0 Å². The maximum Gasteiger partial charge on any atom is 0.273 e. The number of nitrogens with two attached hydrogens (primary N) is 1. The van der Waals surface area contributed by atoms with Crippen molar-refractivity contribution in [3.05, 3.63) is 143 Å². The van der Waals surface area contributed by atoms with Crippen molar-refractivity contribution in [2.45, 2.75) is 29.0 Å². The van der Waals surface area contributed by atoms with Crippen LogP contribution < -0.4 is 5.73 Å². The molecule has 1 fully saturated rings. The van der Waals surface area contributed by atoms with E-state index in [1.54, 1.807) is 12.1 Å². The summed E-state index contributed by atoms with van der Waals surface area (Å²) in [7, 11) is -4.58. The molecule has 0 aliphatic heterocycles. The number of rotatable bonds is 7. The minimum absolute atomic E-state index is 0.332. The molecule has 1 saturated carbocycles. The smallest absolute Gasteiger partial charge is 0.273 e. The summed E-state index contributed by atoms with van der Waals surface area (Å²) in [6.07, 6.45) is 1.83. The standard InChI is InChI=1S/C29H27NO3S/c30-28(20-21-28)23-18-16-22(17-19-23)27(34(31,32)33)29(24-10-4-1-5-11-24,25-12-6-2-7-13-25)26-14-8-3-9-15-26/h1-19,27H,20-21,30H2,(H,31,32,33). The second-order valence-electron chi connectivity index (χ2n) is 9.08. The van der Waals surface area contributed by atoms with Gasteiger partial charge in [-0.2, -0.15) is 8.42 Å². The van der Waals surface area contributed by atoms with Gasteiger partial charge in [-0.3, -0.25) is 4.55 Å². The van der Waals surface area contributed by atoms with Crippen molar-refractivity contribution >= 4 is 10.1 Å². The zero-order valence-corrected chi connectivity index (χ0v) is 19.5. The van der Waals surface area contributed by atoms with Gasteiger partial charge in [0.25, 0.3) is 10.1 Å². The third-order valence-corrected chi connectivity index (χ3v) is 8.18. The van der Waals surface area contributed by atoms with Crippen molar-refractivity contribution in [3.8, 4) is 0 Å². The molecular formula is C29H27NO3S. The summed E-state index contributed by atoms with van der Waals surface area (Å²) in [4.78, 5) is 0. The van der Waals surface area contributed by atoms with E-state index in [0.717, 1.165) is 35.1 Å². The van der Waals surface area contributed by atoms with Gasteiger partial charge >= 0.3 is 0 Å². The fourth-order valence-corrected chi connectivity index (χ4v) is 6.47. The molecule has 34 heavy (non-hydrogen) atoms. The van der Waals surface area contributed by atoms with Crippen LogP contribution in [0.3, 0.4) is 0 Å². The summed E-state index contributed by atoms with van der Waals surface area (Å²) in [6.45, 7) is 0. The first-order valence-electron chi connectivity index (χ1n) is 11.4. The molecule has 1 aliphatic carbocycles. The van der Waals surface area contributed by atoms with Crippen molar-refractivity contribution in [3.63, 3.8) is 0 Å². The topological polar surface area (TPSA) is 80.4 Å². The van der Waals surface area contributed by atoms with E-state index in [1.165, 1.54) is 0 Å². The van der Waals surface area contributed by atoms with Crippen molar-refractivity contribution < 1.29 is 13.0 Å². The number of hydrogen-bond donors (Lipinski definition) is 2.